The molecule has 0 saturated carbocycles. The Balaban J connectivity index is 1.69. The van der Waals surface area contributed by atoms with Gasteiger partial charge in [0.25, 0.3) is 0 Å². The van der Waals surface area contributed by atoms with Crippen LogP contribution in [-0.2, 0) is 11.2 Å². The lowest BCUT2D eigenvalue weighted by Gasteiger charge is -2.06. The summed E-state index contributed by atoms with van der Waals surface area (Å²) in [6, 6.07) is 14.1. The Hall–Kier alpha value is -2.18. The minimum atomic E-state index is -0.0854. The molecule has 1 amide bonds. The maximum Gasteiger partial charge on any atom is 0.230 e. The predicted molar refractivity (Wildman–Crippen MR) is 97.1 cm³/mol. The van der Waals surface area contributed by atoms with Crippen LogP contribution in [0.1, 0.15) is 5.56 Å². The van der Waals surface area contributed by atoms with E-state index in [0.717, 1.165) is 26.4 Å². The van der Waals surface area contributed by atoms with Crippen molar-refractivity contribution in [2.45, 2.75) is 10.8 Å². The summed E-state index contributed by atoms with van der Waals surface area (Å²) in [7, 11) is 0. The first-order valence-corrected chi connectivity index (χ1v) is 8.90. The largest absolute Gasteiger partial charge is 0.300 e. The fourth-order valence-electron chi connectivity index (χ4n) is 2.23. The van der Waals surface area contributed by atoms with Gasteiger partial charge in [-0.25, -0.2) is 0 Å². The van der Waals surface area contributed by atoms with Gasteiger partial charge in [0.05, 0.1) is 6.42 Å². The molecule has 0 saturated heterocycles. The predicted octanol–water partition coefficient (Wildman–Crippen LogP) is 4.15. The van der Waals surface area contributed by atoms with Crippen LogP contribution < -0.4 is 5.32 Å². The first-order chi connectivity index (χ1) is 11.3. The third-order valence-electron chi connectivity index (χ3n) is 3.21. The summed E-state index contributed by atoms with van der Waals surface area (Å²) in [5.41, 5.74) is 1.01. The average molecular weight is 341 g/mol. The smallest absolute Gasteiger partial charge is 0.230 e. The van der Waals surface area contributed by atoms with Crippen LogP contribution in [-0.4, -0.2) is 21.9 Å². The zero-order valence-electron chi connectivity index (χ0n) is 12.4. The molecule has 0 atom stereocenters. The summed E-state index contributed by atoms with van der Waals surface area (Å²) in [4.78, 5) is 12.3. The highest BCUT2D eigenvalue weighted by molar-refractivity contribution is 8.01. The molecule has 3 aromatic rings. The molecule has 116 valence electrons. The molecule has 1 N–H and O–H groups in total. The van der Waals surface area contributed by atoms with Crippen LogP contribution in [0.5, 0.6) is 0 Å². The van der Waals surface area contributed by atoms with Gasteiger partial charge >= 0.3 is 0 Å². The third-order valence-corrected chi connectivity index (χ3v) is 5.18. The van der Waals surface area contributed by atoms with Gasteiger partial charge in [0.1, 0.15) is 0 Å². The molecule has 6 heteroatoms. The Morgan fingerprint density at radius 2 is 2.04 bits per heavy atom. The number of benzene rings is 2. The topological polar surface area (TPSA) is 54.9 Å². The molecule has 3 rings (SSSR count). The Morgan fingerprint density at radius 1 is 1.22 bits per heavy atom. The second kappa shape index (κ2) is 7.39. The number of carbonyl (C=O) groups excluding carboxylic acids is 1. The summed E-state index contributed by atoms with van der Waals surface area (Å²) in [6.45, 7) is 3.67. The summed E-state index contributed by atoms with van der Waals surface area (Å²) in [6.07, 6.45) is 2.13. The Bertz CT molecular complexity index is 839. The van der Waals surface area contributed by atoms with E-state index < -0.39 is 0 Å². The molecule has 0 fully saturated rings. The number of nitrogens with one attached hydrogen (secondary N) is 1. The molecular formula is C17H15N3OS2. The van der Waals surface area contributed by atoms with Crippen LogP contribution in [0.15, 0.2) is 59.5 Å². The van der Waals surface area contributed by atoms with Crippen molar-refractivity contribution in [2.75, 3.05) is 11.1 Å². The van der Waals surface area contributed by atoms with E-state index in [1.807, 2.05) is 48.5 Å². The maximum absolute atomic E-state index is 12.3. The van der Waals surface area contributed by atoms with Gasteiger partial charge in [0, 0.05) is 5.75 Å². The van der Waals surface area contributed by atoms with Crippen molar-refractivity contribution < 1.29 is 4.79 Å². The summed E-state index contributed by atoms with van der Waals surface area (Å²) in [5.74, 6) is 0.691. The molecule has 2 aromatic carbocycles. The van der Waals surface area contributed by atoms with Crippen LogP contribution in [0.25, 0.3) is 10.8 Å². The van der Waals surface area contributed by atoms with Gasteiger partial charge in [-0.15, -0.1) is 16.8 Å². The van der Waals surface area contributed by atoms with Crippen LogP contribution in [0.3, 0.4) is 0 Å². The lowest BCUT2D eigenvalue weighted by molar-refractivity contribution is -0.115. The van der Waals surface area contributed by atoms with E-state index in [2.05, 4.69) is 22.1 Å². The van der Waals surface area contributed by atoms with Crippen LogP contribution in [0.2, 0.25) is 0 Å². The number of amides is 1. The highest BCUT2D eigenvalue weighted by atomic mass is 32.2. The molecule has 1 heterocycles. The lowest BCUT2D eigenvalue weighted by atomic mass is 10.0. The zero-order chi connectivity index (χ0) is 16.1. The van der Waals surface area contributed by atoms with Gasteiger partial charge in [0.15, 0.2) is 4.34 Å². The molecule has 0 aliphatic heterocycles. The Morgan fingerprint density at radius 3 is 2.91 bits per heavy atom. The average Bonchev–Trinajstić information content (AvgIpc) is 3.00. The van der Waals surface area contributed by atoms with E-state index >= 15 is 0 Å². The first-order valence-electron chi connectivity index (χ1n) is 7.10. The van der Waals surface area contributed by atoms with E-state index in [1.54, 1.807) is 11.8 Å². The second-order valence-electron chi connectivity index (χ2n) is 4.84. The maximum atomic E-state index is 12.3. The normalized spacial score (nSPS) is 10.6. The van der Waals surface area contributed by atoms with Gasteiger partial charge < -0.3 is 5.32 Å². The van der Waals surface area contributed by atoms with Gasteiger partial charge in [0.2, 0.25) is 11.0 Å². The number of hydrogen-bond donors (Lipinski definition) is 1. The summed E-state index contributed by atoms with van der Waals surface area (Å²) >= 11 is 2.93. The van der Waals surface area contributed by atoms with Crippen LogP contribution >= 0.6 is 23.1 Å². The van der Waals surface area contributed by atoms with E-state index in [4.69, 9.17) is 0 Å². The number of aromatic nitrogens is 2. The van der Waals surface area contributed by atoms with E-state index in [-0.39, 0.29) is 5.91 Å². The van der Waals surface area contributed by atoms with Gasteiger partial charge in [-0.1, -0.05) is 71.6 Å². The number of anilines is 1. The third kappa shape index (κ3) is 3.97. The molecule has 0 unspecified atom stereocenters. The number of fused-ring (bicyclic) bond motifs is 1. The van der Waals surface area contributed by atoms with Crippen molar-refractivity contribution in [3.63, 3.8) is 0 Å². The molecule has 23 heavy (non-hydrogen) atoms. The molecule has 1 aromatic heterocycles. The Labute approximate surface area is 142 Å². The number of nitrogens with zero attached hydrogens (tertiary/aromatic N) is 2. The molecule has 0 spiro atoms. The van der Waals surface area contributed by atoms with Crippen LogP contribution in [0, 0.1) is 0 Å². The molecule has 0 radical (unpaired) electrons. The van der Waals surface area contributed by atoms with Gasteiger partial charge in [-0.3, -0.25) is 4.79 Å². The summed E-state index contributed by atoms with van der Waals surface area (Å²) in [5, 5.41) is 13.6. The monoisotopic (exact) mass is 341 g/mol. The second-order valence-corrected chi connectivity index (χ2v) is 7.08. The molecule has 0 bridgehead atoms. The minimum absolute atomic E-state index is 0.0854. The van der Waals surface area contributed by atoms with Crippen molar-refractivity contribution >= 4 is 44.9 Å². The van der Waals surface area contributed by atoms with Crippen molar-refractivity contribution in [1.82, 2.24) is 10.2 Å². The fraction of sp³-hybridized carbons (Fsp3) is 0.118. The number of hydrogen-bond acceptors (Lipinski definition) is 5. The highest BCUT2D eigenvalue weighted by Gasteiger charge is 2.10. The lowest BCUT2D eigenvalue weighted by Crippen LogP contribution is -2.14. The van der Waals surface area contributed by atoms with Crippen LogP contribution in [0.4, 0.5) is 5.13 Å². The standard InChI is InChI=1S/C17H15N3OS2/c1-2-10-22-17-20-19-16(23-17)18-15(21)11-13-8-5-7-12-6-3-4-9-14(12)13/h2-9H,1,10-11H2,(H,18,19,21). The van der Waals surface area contributed by atoms with E-state index in [0.29, 0.717) is 11.6 Å². The van der Waals surface area contributed by atoms with E-state index in [1.165, 1.54) is 11.3 Å². The Kier molecular flexibility index (Phi) is 5.05. The fourth-order valence-corrected chi connectivity index (χ4v) is 3.76. The quantitative estimate of drug-likeness (QED) is 0.416. The highest BCUT2D eigenvalue weighted by Crippen LogP contribution is 2.25. The van der Waals surface area contributed by atoms with Gasteiger partial charge in [-0.05, 0) is 16.3 Å². The minimum Gasteiger partial charge on any atom is -0.300 e. The van der Waals surface area contributed by atoms with Crippen molar-refractivity contribution in [3.05, 3.63) is 60.7 Å². The van der Waals surface area contributed by atoms with Crippen molar-refractivity contribution in [2.24, 2.45) is 0 Å². The summed E-state index contributed by atoms with van der Waals surface area (Å²) < 4.78 is 0.824. The molecule has 4 nitrogen and oxygen atoms in total. The van der Waals surface area contributed by atoms with Crippen molar-refractivity contribution in [1.29, 1.82) is 0 Å². The molecular weight excluding hydrogens is 326 g/mol. The van der Waals surface area contributed by atoms with E-state index in [9.17, 15) is 4.79 Å². The number of thioether (sulfide) groups is 1. The number of carbonyl (C=O) groups is 1. The SMILES string of the molecule is C=CCSc1nnc(NC(=O)Cc2cccc3ccccc23)s1. The van der Waals surface area contributed by atoms with Gasteiger partial charge in [-0.2, -0.15) is 0 Å². The molecule has 0 aliphatic carbocycles. The first kappa shape index (κ1) is 15.7. The zero-order valence-corrected chi connectivity index (χ0v) is 14.0. The van der Waals surface area contributed by atoms with Crippen molar-refractivity contribution in [3.8, 4) is 0 Å². The molecule has 0 aliphatic rings. The number of rotatable bonds is 6.